The summed E-state index contributed by atoms with van der Waals surface area (Å²) in [5.74, 6) is -0.659. The van der Waals surface area contributed by atoms with Crippen molar-refractivity contribution in [1.82, 2.24) is 4.90 Å². The maximum Gasteiger partial charge on any atom is 0.406 e. The largest absolute Gasteiger partial charge is 0.406 e. The lowest BCUT2D eigenvalue weighted by molar-refractivity contribution is -0.144. The van der Waals surface area contributed by atoms with E-state index in [4.69, 9.17) is 5.11 Å². The van der Waals surface area contributed by atoms with Crippen molar-refractivity contribution in [2.24, 2.45) is 0 Å². The topological polar surface area (TPSA) is 55.8 Å². The number of para-hydroxylation sites is 1. The van der Waals surface area contributed by atoms with Crippen LogP contribution in [0.2, 0.25) is 0 Å². The molecule has 3 rings (SSSR count). The van der Waals surface area contributed by atoms with Gasteiger partial charge in [-0.2, -0.15) is 13.2 Å². The van der Waals surface area contributed by atoms with E-state index in [1.54, 1.807) is 49.5 Å². The zero-order valence-corrected chi connectivity index (χ0v) is 14.7. The number of carbonyl (C=O) groups is 1. The zero-order chi connectivity index (χ0) is 19.6. The van der Waals surface area contributed by atoms with Crippen molar-refractivity contribution in [3.63, 3.8) is 0 Å². The molecule has 27 heavy (non-hydrogen) atoms. The third-order valence-electron chi connectivity index (χ3n) is 4.46. The second-order valence-electron chi connectivity index (χ2n) is 6.38. The van der Waals surface area contributed by atoms with Gasteiger partial charge in [-0.25, -0.2) is 0 Å². The molecule has 1 heterocycles. The van der Waals surface area contributed by atoms with Gasteiger partial charge in [-0.3, -0.25) is 4.79 Å². The minimum Gasteiger partial charge on any atom is -0.395 e. The monoisotopic (exact) mass is 379 g/mol. The molecule has 0 spiro atoms. The maximum absolute atomic E-state index is 13.1. The number of rotatable bonds is 5. The number of anilines is 2. The third-order valence-corrected chi connectivity index (χ3v) is 4.46. The number of fused-ring (bicyclic) bond motifs is 1. The summed E-state index contributed by atoms with van der Waals surface area (Å²) in [5.41, 5.74) is 2.09. The molecule has 0 saturated carbocycles. The first-order valence-electron chi connectivity index (χ1n) is 8.45. The number of hydrogen-bond donors (Lipinski definition) is 2. The van der Waals surface area contributed by atoms with Gasteiger partial charge in [-0.1, -0.05) is 24.3 Å². The molecule has 0 bridgehead atoms. The summed E-state index contributed by atoms with van der Waals surface area (Å²) in [5, 5.41) is 12.1. The average Bonchev–Trinajstić information content (AvgIpc) is 2.63. The molecular weight excluding hydrogens is 359 g/mol. The Morgan fingerprint density at radius 2 is 1.81 bits per heavy atom. The molecule has 1 aliphatic heterocycles. The van der Waals surface area contributed by atoms with Gasteiger partial charge in [0.2, 0.25) is 0 Å². The molecule has 0 radical (unpaired) electrons. The summed E-state index contributed by atoms with van der Waals surface area (Å²) in [4.78, 5) is 15.3. The summed E-state index contributed by atoms with van der Waals surface area (Å²) < 4.78 is 39.2. The minimum atomic E-state index is -4.51. The van der Waals surface area contributed by atoms with E-state index in [0.717, 1.165) is 10.6 Å². The van der Waals surface area contributed by atoms with Crippen LogP contribution < -0.4 is 10.2 Å². The lowest BCUT2D eigenvalue weighted by atomic mass is 10.0. The lowest BCUT2D eigenvalue weighted by Gasteiger charge is -2.38. The van der Waals surface area contributed by atoms with Crippen LogP contribution in [0.1, 0.15) is 22.1 Å². The minimum absolute atomic E-state index is 0.00687. The van der Waals surface area contributed by atoms with E-state index >= 15 is 0 Å². The number of aliphatic hydroxyl groups excluding tert-OH is 1. The van der Waals surface area contributed by atoms with Gasteiger partial charge < -0.3 is 20.2 Å². The summed E-state index contributed by atoms with van der Waals surface area (Å²) in [7, 11) is 1.81. The van der Waals surface area contributed by atoms with Crippen LogP contribution in [-0.2, 0) is 0 Å². The van der Waals surface area contributed by atoms with Gasteiger partial charge in [0.25, 0.3) is 5.91 Å². The van der Waals surface area contributed by atoms with Gasteiger partial charge in [0.1, 0.15) is 12.7 Å². The van der Waals surface area contributed by atoms with Crippen molar-refractivity contribution in [3.8, 4) is 0 Å². The molecule has 144 valence electrons. The van der Waals surface area contributed by atoms with Gasteiger partial charge in [0.15, 0.2) is 0 Å². The summed E-state index contributed by atoms with van der Waals surface area (Å²) in [6.07, 6.45) is -5.44. The smallest absolute Gasteiger partial charge is 0.395 e. The van der Waals surface area contributed by atoms with Gasteiger partial charge in [-0.05, 0) is 29.8 Å². The maximum atomic E-state index is 13.1. The first-order chi connectivity index (χ1) is 12.8. The summed E-state index contributed by atoms with van der Waals surface area (Å²) in [6.45, 7) is -0.913. The Balaban J connectivity index is 1.94. The van der Waals surface area contributed by atoms with Gasteiger partial charge in [0.05, 0.1) is 12.2 Å². The second kappa shape index (κ2) is 7.48. The van der Waals surface area contributed by atoms with Crippen molar-refractivity contribution in [3.05, 3.63) is 59.7 Å². The van der Waals surface area contributed by atoms with E-state index in [1.165, 1.54) is 6.07 Å². The Morgan fingerprint density at radius 1 is 1.15 bits per heavy atom. The number of carbonyl (C=O) groups excluding carboxylic acids is 1. The predicted molar refractivity (Wildman–Crippen MR) is 96.7 cm³/mol. The van der Waals surface area contributed by atoms with Crippen LogP contribution >= 0.6 is 0 Å². The number of likely N-dealkylation sites (N-methyl/N-ethyl adjacent to an activating group) is 1. The average molecular weight is 379 g/mol. The van der Waals surface area contributed by atoms with E-state index in [9.17, 15) is 18.0 Å². The van der Waals surface area contributed by atoms with Crippen molar-refractivity contribution in [1.29, 1.82) is 0 Å². The van der Waals surface area contributed by atoms with E-state index in [1.807, 2.05) is 4.90 Å². The quantitative estimate of drug-likeness (QED) is 0.838. The molecule has 5 nitrogen and oxygen atoms in total. The highest BCUT2D eigenvalue weighted by Gasteiger charge is 2.40. The molecule has 1 amide bonds. The molecule has 0 fully saturated rings. The second-order valence-corrected chi connectivity index (χ2v) is 6.38. The van der Waals surface area contributed by atoms with Crippen LogP contribution in [0.15, 0.2) is 48.5 Å². The molecule has 8 heteroatoms. The van der Waals surface area contributed by atoms with Crippen LogP contribution in [-0.4, -0.2) is 48.8 Å². The molecule has 1 atom stereocenters. The highest BCUT2D eigenvalue weighted by molar-refractivity contribution is 6.01. The Kier molecular flexibility index (Phi) is 5.27. The zero-order valence-electron chi connectivity index (χ0n) is 14.7. The van der Waals surface area contributed by atoms with Crippen LogP contribution in [0.25, 0.3) is 0 Å². The van der Waals surface area contributed by atoms with Crippen LogP contribution in [0.5, 0.6) is 0 Å². The molecule has 1 aliphatic rings. The van der Waals surface area contributed by atoms with Crippen LogP contribution in [0.3, 0.4) is 0 Å². The van der Waals surface area contributed by atoms with E-state index in [0.29, 0.717) is 17.8 Å². The number of nitrogens with one attached hydrogen (secondary N) is 1. The first kappa shape index (κ1) is 19.0. The number of hydrogen-bond acceptors (Lipinski definition) is 4. The fraction of sp³-hybridized carbons (Fsp3) is 0.316. The fourth-order valence-electron chi connectivity index (χ4n) is 3.10. The molecule has 2 N–H and O–H groups in total. The fourth-order valence-corrected chi connectivity index (χ4v) is 3.10. The molecule has 2 aromatic carbocycles. The van der Waals surface area contributed by atoms with Crippen molar-refractivity contribution >= 4 is 17.3 Å². The van der Waals surface area contributed by atoms with Crippen molar-refractivity contribution in [2.45, 2.75) is 12.3 Å². The van der Waals surface area contributed by atoms with E-state index in [2.05, 4.69) is 5.32 Å². The molecular formula is C19H20F3N3O2. The SMILES string of the molecule is CN(CCO)c1ccc([C@@H]2Nc3ccccc3C(=O)N2CC(F)(F)F)cc1. The number of nitrogens with zero attached hydrogens (tertiary/aromatic N) is 2. The number of halogens is 3. The van der Waals surface area contributed by atoms with Crippen molar-refractivity contribution in [2.75, 3.05) is 37.0 Å². The first-order valence-corrected chi connectivity index (χ1v) is 8.45. The Labute approximate surface area is 155 Å². The molecule has 0 saturated heterocycles. The summed E-state index contributed by atoms with van der Waals surface area (Å²) in [6, 6.07) is 13.4. The third kappa shape index (κ3) is 4.16. The van der Waals surface area contributed by atoms with E-state index in [-0.39, 0.29) is 12.2 Å². The standard InChI is InChI=1S/C19H20F3N3O2/c1-24(10-11-26)14-8-6-13(7-9-14)17-23-16-5-3-2-4-15(16)18(27)25(17)12-19(20,21)22/h2-9,17,23,26H,10-12H2,1H3/t17-/m1/s1. The Morgan fingerprint density at radius 3 is 2.44 bits per heavy atom. The van der Waals surface area contributed by atoms with Crippen molar-refractivity contribution < 1.29 is 23.1 Å². The number of aliphatic hydroxyl groups is 1. The van der Waals surface area contributed by atoms with Gasteiger partial charge in [0, 0.05) is 25.0 Å². The molecule has 0 unspecified atom stereocenters. The lowest BCUT2D eigenvalue weighted by Crippen LogP contribution is -2.47. The molecule has 0 aliphatic carbocycles. The number of benzene rings is 2. The van der Waals surface area contributed by atoms with Gasteiger partial charge in [-0.15, -0.1) is 0 Å². The Hall–Kier alpha value is -2.74. The highest BCUT2D eigenvalue weighted by Crippen LogP contribution is 2.35. The van der Waals surface area contributed by atoms with E-state index < -0.39 is 24.8 Å². The number of amides is 1. The van der Waals surface area contributed by atoms with Crippen LogP contribution in [0.4, 0.5) is 24.5 Å². The molecule has 0 aromatic heterocycles. The predicted octanol–water partition coefficient (Wildman–Crippen LogP) is 3.24. The van der Waals surface area contributed by atoms with Crippen LogP contribution in [0, 0.1) is 0 Å². The molecule has 2 aromatic rings. The normalized spacial score (nSPS) is 16.7. The Bertz CT molecular complexity index is 809. The number of alkyl halides is 3. The highest BCUT2D eigenvalue weighted by atomic mass is 19.4. The van der Waals surface area contributed by atoms with Gasteiger partial charge >= 0.3 is 6.18 Å². The summed E-state index contributed by atoms with van der Waals surface area (Å²) >= 11 is 0.